The fourth-order valence-electron chi connectivity index (χ4n) is 3.91. The van der Waals surface area contributed by atoms with Gasteiger partial charge in [0.15, 0.2) is 0 Å². The monoisotopic (exact) mass is 456 g/mol. The lowest BCUT2D eigenvalue weighted by atomic mass is 9.84. The van der Waals surface area contributed by atoms with Gasteiger partial charge in [-0.1, -0.05) is 31.4 Å². The van der Waals surface area contributed by atoms with Gasteiger partial charge in [0, 0.05) is 31.5 Å². The van der Waals surface area contributed by atoms with Crippen LogP contribution in [0.5, 0.6) is 11.5 Å². The van der Waals surface area contributed by atoms with E-state index in [-0.39, 0.29) is 5.92 Å². The molecule has 0 radical (unpaired) electrons. The van der Waals surface area contributed by atoms with Crippen molar-refractivity contribution < 1.29 is 22.7 Å². The second-order valence-corrected chi connectivity index (χ2v) is 13.3. The van der Waals surface area contributed by atoms with Crippen LogP contribution in [-0.4, -0.2) is 26.6 Å². The molecule has 2 atom stereocenters. The Morgan fingerprint density at radius 3 is 2.27 bits per heavy atom. The van der Waals surface area contributed by atoms with Crippen LogP contribution >= 0.6 is 15.0 Å². The highest BCUT2D eigenvalue weighted by molar-refractivity contribution is 7.57. The van der Waals surface area contributed by atoms with Gasteiger partial charge in [-0.3, -0.25) is 4.57 Å². The van der Waals surface area contributed by atoms with E-state index in [1.165, 1.54) is 12.2 Å². The van der Waals surface area contributed by atoms with E-state index in [0.717, 1.165) is 56.1 Å². The smallest absolute Gasteiger partial charge is 0.376 e. The highest BCUT2D eigenvalue weighted by atomic mass is 31.2. The molecule has 2 unspecified atom stereocenters. The summed E-state index contributed by atoms with van der Waals surface area (Å²) in [5.41, 5.74) is 3.19. The predicted molar refractivity (Wildman–Crippen MR) is 126 cm³/mol. The van der Waals surface area contributed by atoms with E-state index < -0.39 is 15.0 Å². The molecule has 1 aromatic carbocycles. The third kappa shape index (κ3) is 7.91. The molecule has 0 saturated heterocycles. The lowest BCUT2D eigenvalue weighted by Crippen LogP contribution is -2.09. The normalized spacial score (nSPS) is 19.1. The van der Waals surface area contributed by atoms with Gasteiger partial charge < -0.3 is 13.6 Å². The minimum atomic E-state index is -3.28. The average molecular weight is 457 g/mol. The van der Waals surface area contributed by atoms with Crippen molar-refractivity contribution in [1.82, 2.24) is 0 Å². The third-order valence-electron chi connectivity index (χ3n) is 5.12. The fraction of sp³-hybridized carbons (Fsp3) is 0.652. The fourth-order valence-corrected chi connectivity index (χ4v) is 5.57. The standard InChI is InChI=1S/C23H38O5P2/c1-7-9-10-13-19-16-21(27-29(4,5)24)23(20-14-11-12-18(3)15-20)22(17-19)28-30(6,25)26-8-2/h15-17,20H,7-14H2,1-6H3. The molecule has 2 rings (SSSR count). The van der Waals surface area contributed by atoms with Gasteiger partial charge in [0.2, 0.25) is 7.37 Å². The molecule has 5 nitrogen and oxygen atoms in total. The van der Waals surface area contributed by atoms with Crippen molar-refractivity contribution in [3.63, 3.8) is 0 Å². The molecule has 0 amide bonds. The van der Waals surface area contributed by atoms with Crippen molar-refractivity contribution >= 4 is 15.0 Å². The van der Waals surface area contributed by atoms with Crippen LogP contribution in [0.3, 0.4) is 0 Å². The van der Waals surface area contributed by atoms with Crippen molar-refractivity contribution in [1.29, 1.82) is 0 Å². The lowest BCUT2D eigenvalue weighted by Gasteiger charge is -2.27. The van der Waals surface area contributed by atoms with Crippen molar-refractivity contribution in [3.05, 3.63) is 34.9 Å². The largest absolute Gasteiger partial charge is 0.443 e. The molecule has 7 heteroatoms. The minimum Gasteiger partial charge on any atom is -0.443 e. The van der Waals surface area contributed by atoms with Crippen LogP contribution in [0.2, 0.25) is 0 Å². The van der Waals surface area contributed by atoms with Gasteiger partial charge in [-0.25, -0.2) is 4.57 Å². The summed E-state index contributed by atoms with van der Waals surface area (Å²) in [5, 5.41) is 0. The first-order valence-electron chi connectivity index (χ1n) is 11.0. The molecule has 0 N–H and O–H groups in total. The van der Waals surface area contributed by atoms with Gasteiger partial charge in [0.25, 0.3) is 0 Å². The molecule has 170 valence electrons. The Bertz CT molecular complexity index is 840. The lowest BCUT2D eigenvalue weighted by molar-refractivity contribution is 0.283. The topological polar surface area (TPSA) is 61.8 Å². The second kappa shape index (κ2) is 11.0. The van der Waals surface area contributed by atoms with Gasteiger partial charge in [0.05, 0.1) is 6.61 Å². The third-order valence-corrected chi connectivity index (χ3v) is 7.01. The summed E-state index contributed by atoms with van der Waals surface area (Å²) in [5.74, 6) is 1.18. The van der Waals surface area contributed by atoms with Gasteiger partial charge in [0.1, 0.15) is 11.5 Å². The molecule has 0 spiro atoms. The summed E-state index contributed by atoms with van der Waals surface area (Å²) in [6.07, 6.45) is 9.47. The number of unbranched alkanes of at least 4 members (excludes halogenated alkanes) is 2. The van der Waals surface area contributed by atoms with E-state index in [9.17, 15) is 9.13 Å². The van der Waals surface area contributed by atoms with Crippen LogP contribution in [0.1, 0.15) is 76.3 Å². The van der Waals surface area contributed by atoms with Gasteiger partial charge >= 0.3 is 7.60 Å². The van der Waals surface area contributed by atoms with Crippen LogP contribution in [0, 0.1) is 0 Å². The van der Waals surface area contributed by atoms with Crippen LogP contribution in [0.25, 0.3) is 0 Å². The molecule has 0 aliphatic heterocycles. The molecular formula is C23H38O5P2. The van der Waals surface area contributed by atoms with Crippen LogP contribution in [0.15, 0.2) is 23.8 Å². The van der Waals surface area contributed by atoms with Crippen molar-refractivity contribution in [2.45, 2.75) is 71.6 Å². The van der Waals surface area contributed by atoms with Crippen LogP contribution in [-0.2, 0) is 20.1 Å². The summed E-state index contributed by atoms with van der Waals surface area (Å²) in [6, 6.07) is 3.97. The predicted octanol–water partition coefficient (Wildman–Crippen LogP) is 7.79. The van der Waals surface area contributed by atoms with E-state index in [1.807, 2.05) is 12.1 Å². The number of hydrogen-bond acceptors (Lipinski definition) is 5. The maximum Gasteiger partial charge on any atom is 0.376 e. The first kappa shape index (κ1) is 25.2. The molecule has 0 bridgehead atoms. The second-order valence-electron chi connectivity index (χ2n) is 8.60. The summed E-state index contributed by atoms with van der Waals surface area (Å²) < 4.78 is 42.9. The Kier molecular flexibility index (Phi) is 9.28. The van der Waals surface area contributed by atoms with E-state index >= 15 is 0 Å². The summed E-state index contributed by atoms with van der Waals surface area (Å²) in [6.45, 7) is 11.1. The molecule has 0 saturated carbocycles. The number of aryl methyl sites for hydroxylation is 1. The molecule has 0 fully saturated rings. The van der Waals surface area contributed by atoms with E-state index in [0.29, 0.717) is 18.1 Å². The maximum atomic E-state index is 12.9. The maximum absolute atomic E-state index is 12.9. The van der Waals surface area contributed by atoms with E-state index in [4.69, 9.17) is 13.6 Å². The zero-order valence-corrected chi connectivity index (χ0v) is 21.2. The molecule has 0 heterocycles. The molecule has 1 aliphatic rings. The Hall–Kier alpha value is -1.02. The summed E-state index contributed by atoms with van der Waals surface area (Å²) in [7, 11) is -6.07. The Morgan fingerprint density at radius 1 is 1.03 bits per heavy atom. The average Bonchev–Trinajstić information content (AvgIpc) is 2.60. The molecule has 0 aromatic heterocycles. The number of benzene rings is 1. The first-order chi connectivity index (χ1) is 14.0. The minimum absolute atomic E-state index is 0.0709. The number of hydrogen-bond donors (Lipinski definition) is 0. The number of allylic oxidation sites excluding steroid dienone is 2. The summed E-state index contributed by atoms with van der Waals surface area (Å²) >= 11 is 0. The first-order valence-corrected chi connectivity index (χ1v) is 15.6. The highest BCUT2D eigenvalue weighted by Gasteiger charge is 2.29. The Morgan fingerprint density at radius 2 is 1.70 bits per heavy atom. The van der Waals surface area contributed by atoms with Crippen molar-refractivity contribution in [2.75, 3.05) is 26.6 Å². The van der Waals surface area contributed by atoms with Gasteiger partial charge in [-0.15, -0.1) is 0 Å². The van der Waals surface area contributed by atoms with Gasteiger partial charge in [-0.2, -0.15) is 0 Å². The molecular weight excluding hydrogens is 418 g/mol. The van der Waals surface area contributed by atoms with Gasteiger partial charge in [-0.05, 0) is 63.6 Å². The molecule has 30 heavy (non-hydrogen) atoms. The van der Waals surface area contributed by atoms with Crippen molar-refractivity contribution in [3.8, 4) is 11.5 Å². The molecule has 1 aliphatic carbocycles. The SMILES string of the molecule is CCCCCc1cc(OP(C)(C)=O)c(C2C=C(C)CCC2)c(OP(C)(=O)OCC)c1. The zero-order valence-electron chi connectivity index (χ0n) is 19.4. The summed E-state index contributed by atoms with van der Waals surface area (Å²) in [4.78, 5) is 0. The highest BCUT2D eigenvalue weighted by Crippen LogP contribution is 2.52. The van der Waals surface area contributed by atoms with Crippen LogP contribution < -0.4 is 9.05 Å². The van der Waals surface area contributed by atoms with Crippen molar-refractivity contribution in [2.24, 2.45) is 0 Å². The number of rotatable bonds is 11. The Balaban J connectivity index is 2.60. The molecule has 1 aromatic rings. The van der Waals surface area contributed by atoms with Crippen LogP contribution in [0.4, 0.5) is 0 Å². The Labute approximate surface area is 182 Å². The quantitative estimate of drug-likeness (QED) is 0.193. The van der Waals surface area contributed by atoms with E-state index in [2.05, 4.69) is 19.9 Å². The zero-order chi connectivity index (χ0) is 22.4. The van der Waals surface area contributed by atoms with E-state index in [1.54, 1.807) is 20.3 Å².